The van der Waals surface area contributed by atoms with E-state index >= 15 is 0 Å². The van der Waals surface area contributed by atoms with Crippen molar-refractivity contribution in [1.82, 2.24) is 10.3 Å². The highest BCUT2D eigenvalue weighted by molar-refractivity contribution is 7.11. The Morgan fingerprint density at radius 3 is 2.86 bits per heavy atom. The molecule has 0 radical (unpaired) electrons. The smallest absolute Gasteiger partial charge is 0.254 e. The van der Waals surface area contributed by atoms with E-state index in [9.17, 15) is 9.90 Å². The third kappa shape index (κ3) is 3.80. The predicted octanol–water partition coefficient (Wildman–Crippen LogP) is 2.37. The minimum Gasteiger partial charge on any atom is -0.497 e. The molecule has 21 heavy (non-hydrogen) atoms. The molecular weight excluding hydrogens is 288 g/mol. The summed E-state index contributed by atoms with van der Waals surface area (Å²) in [6.45, 7) is 3.80. The molecule has 1 heterocycles. The van der Waals surface area contributed by atoms with Gasteiger partial charge in [-0.2, -0.15) is 0 Å². The zero-order chi connectivity index (χ0) is 15.4. The normalized spacial score (nSPS) is 13.5. The Bertz CT molecular complexity index is 627. The van der Waals surface area contributed by atoms with Gasteiger partial charge in [0.1, 0.15) is 10.8 Å². The van der Waals surface area contributed by atoms with Crippen LogP contribution in [-0.2, 0) is 4.79 Å². The molecule has 0 aliphatic rings. The van der Waals surface area contributed by atoms with Crippen LogP contribution in [0.25, 0.3) is 0 Å². The minimum atomic E-state index is -1.23. The third-order valence-corrected chi connectivity index (χ3v) is 4.12. The van der Waals surface area contributed by atoms with Gasteiger partial charge < -0.3 is 15.2 Å². The number of nitrogens with zero attached hydrogens (tertiary/aromatic N) is 1. The van der Waals surface area contributed by atoms with Crippen LogP contribution in [0.4, 0.5) is 0 Å². The van der Waals surface area contributed by atoms with Gasteiger partial charge in [0.25, 0.3) is 5.91 Å². The van der Waals surface area contributed by atoms with Crippen LogP contribution in [0.5, 0.6) is 5.75 Å². The van der Waals surface area contributed by atoms with Crippen molar-refractivity contribution in [3.8, 4) is 5.75 Å². The van der Waals surface area contributed by atoms with Gasteiger partial charge in [-0.3, -0.25) is 4.79 Å². The number of aromatic nitrogens is 1. The van der Waals surface area contributed by atoms with E-state index in [1.807, 2.05) is 13.8 Å². The molecule has 5 nitrogen and oxygen atoms in total. The van der Waals surface area contributed by atoms with Crippen molar-refractivity contribution in [2.24, 2.45) is 0 Å². The number of ether oxygens (including phenoxy) is 1. The predicted molar refractivity (Wildman–Crippen MR) is 81.4 cm³/mol. The summed E-state index contributed by atoms with van der Waals surface area (Å²) in [6.07, 6.45) is 0.532. The van der Waals surface area contributed by atoms with Crippen molar-refractivity contribution in [3.63, 3.8) is 0 Å². The molecule has 2 aromatic rings. The Morgan fingerprint density at radius 1 is 1.48 bits per heavy atom. The second-order valence-electron chi connectivity index (χ2n) is 4.72. The van der Waals surface area contributed by atoms with Crippen LogP contribution in [0, 0.1) is 6.92 Å². The molecule has 0 aliphatic carbocycles. The highest BCUT2D eigenvalue weighted by atomic mass is 32.1. The molecule has 2 N–H and O–H groups in total. The molecule has 2 unspecified atom stereocenters. The zero-order valence-electron chi connectivity index (χ0n) is 12.2. The van der Waals surface area contributed by atoms with E-state index in [-0.39, 0.29) is 6.04 Å². The van der Waals surface area contributed by atoms with Gasteiger partial charge in [-0.1, -0.05) is 12.1 Å². The summed E-state index contributed by atoms with van der Waals surface area (Å²) < 4.78 is 5.09. The number of hydrogen-bond donors (Lipinski definition) is 2. The second kappa shape index (κ2) is 6.69. The second-order valence-corrected chi connectivity index (χ2v) is 5.98. The number of hydrogen-bond acceptors (Lipinski definition) is 5. The molecule has 2 atom stereocenters. The quantitative estimate of drug-likeness (QED) is 0.889. The molecule has 1 amide bonds. The third-order valence-electron chi connectivity index (χ3n) is 3.03. The van der Waals surface area contributed by atoms with Crippen LogP contribution in [0.3, 0.4) is 0 Å². The van der Waals surface area contributed by atoms with Gasteiger partial charge in [-0.25, -0.2) is 4.98 Å². The molecule has 0 saturated carbocycles. The number of thiazole rings is 1. The first kappa shape index (κ1) is 15.5. The summed E-state index contributed by atoms with van der Waals surface area (Å²) in [5.74, 6) is 0.145. The molecule has 0 spiro atoms. The van der Waals surface area contributed by atoms with E-state index in [4.69, 9.17) is 4.74 Å². The topological polar surface area (TPSA) is 71.5 Å². The fourth-order valence-electron chi connectivity index (χ4n) is 1.89. The maximum absolute atomic E-state index is 12.1. The largest absolute Gasteiger partial charge is 0.497 e. The van der Waals surface area contributed by atoms with Gasteiger partial charge in [0.2, 0.25) is 0 Å². The van der Waals surface area contributed by atoms with E-state index in [2.05, 4.69) is 10.3 Å². The van der Waals surface area contributed by atoms with E-state index in [0.717, 1.165) is 9.88 Å². The van der Waals surface area contributed by atoms with Crippen molar-refractivity contribution in [2.75, 3.05) is 7.11 Å². The fraction of sp³-hybridized carbons (Fsp3) is 0.333. The first-order valence-electron chi connectivity index (χ1n) is 6.56. The van der Waals surface area contributed by atoms with Crippen LogP contribution < -0.4 is 10.1 Å². The first-order valence-corrected chi connectivity index (χ1v) is 7.37. The number of benzene rings is 1. The minimum absolute atomic E-state index is 0.239. The van der Waals surface area contributed by atoms with Gasteiger partial charge in [0.05, 0.1) is 13.2 Å². The Hall–Kier alpha value is -1.92. The number of aliphatic hydroxyl groups excluding tert-OH is 1. The van der Waals surface area contributed by atoms with E-state index in [1.54, 1.807) is 37.6 Å². The number of amides is 1. The Morgan fingerprint density at radius 2 is 2.24 bits per heavy atom. The summed E-state index contributed by atoms with van der Waals surface area (Å²) in [4.78, 5) is 17.4. The Balaban J connectivity index is 2.05. The van der Waals surface area contributed by atoms with Crippen LogP contribution in [0.2, 0.25) is 0 Å². The zero-order valence-corrected chi connectivity index (χ0v) is 13.0. The van der Waals surface area contributed by atoms with Gasteiger partial charge in [0, 0.05) is 11.1 Å². The lowest BCUT2D eigenvalue weighted by Gasteiger charge is -2.16. The van der Waals surface area contributed by atoms with Crippen molar-refractivity contribution < 1.29 is 14.6 Å². The van der Waals surface area contributed by atoms with Gasteiger partial charge in [-0.15, -0.1) is 11.3 Å². The van der Waals surface area contributed by atoms with Crippen LogP contribution in [0.1, 0.15) is 34.5 Å². The Labute approximate surface area is 127 Å². The molecule has 6 heteroatoms. The van der Waals surface area contributed by atoms with E-state index < -0.39 is 12.0 Å². The van der Waals surface area contributed by atoms with Crippen LogP contribution in [-0.4, -0.2) is 23.1 Å². The van der Waals surface area contributed by atoms with Crippen molar-refractivity contribution >= 4 is 17.2 Å². The summed E-state index contributed by atoms with van der Waals surface area (Å²) in [5, 5.41) is 13.7. The summed E-state index contributed by atoms with van der Waals surface area (Å²) in [6, 6.07) is 6.58. The maximum Gasteiger partial charge on any atom is 0.254 e. The van der Waals surface area contributed by atoms with E-state index in [1.165, 1.54) is 11.3 Å². The number of aliphatic hydroxyl groups is 1. The first-order chi connectivity index (χ1) is 10.0. The fourth-order valence-corrected chi connectivity index (χ4v) is 2.67. The molecule has 1 aromatic carbocycles. The standard InChI is InChI=1S/C15H18N2O3S/c1-9-8-16-15(21-9)10(2)17-14(19)13(18)11-5-4-6-12(7-11)20-3/h4-8,10,13,18H,1-3H3,(H,17,19). The van der Waals surface area contributed by atoms with Crippen LogP contribution in [0.15, 0.2) is 30.5 Å². The lowest BCUT2D eigenvalue weighted by molar-refractivity contribution is -0.130. The van der Waals surface area contributed by atoms with Crippen molar-refractivity contribution in [1.29, 1.82) is 0 Å². The monoisotopic (exact) mass is 306 g/mol. The summed E-state index contributed by atoms with van der Waals surface area (Å²) in [7, 11) is 1.54. The SMILES string of the molecule is COc1cccc(C(O)C(=O)NC(C)c2ncc(C)s2)c1. The molecule has 1 aromatic heterocycles. The number of aryl methyl sites for hydroxylation is 1. The highest BCUT2D eigenvalue weighted by Gasteiger charge is 2.21. The average molecular weight is 306 g/mol. The van der Waals surface area contributed by atoms with E-state index in [0.29, 0.717) is 11.3 Å². The van der Waals surface area contributed by atoms with Crippen molar-refractivity contribution in [2.45, 2.75) is 26.0 Å². The summed E-state index contributed by atoms with van der Waals surface area (Å²) >= 11 is 1.52. The number of rotatable bonds is 5. The average Bonchev–Trinajstić information content (AvgIpc) is 2.93. The lowest BCUT2D eigenvalue weighted by atomic mass is 10.1. The number of carbonyl (C=O) groups excluding carboxylic acids is 1. The summed E-state index contributed by atoms with van der Waals surface area (Å²) in [5.41, 5.74) is 0.495. The molecule has 0 bridgehead atoms. The number of carbonyl (C=O) groups is 1. The van der Waals surface area contributed by atoms with Crippen LogP contribution >= 0.6 is 11.3 Å². The Kier molecular flexibility index (Phi) is 4.93. The lowest BCUT2D eigenvalue weighted by Crippen LogP contribution is -2.31. The molecule has 2 rings (SSSR count). The van der Waals surface area contributed by atoms with Gasteiger partial charge in [-0.05, 0) is 31.5 Å². The van der Waals surface area contributed by atoms with Gasteiger partial charge in [0.15, 0.2) is 6.10 Å². The maximum atomic E-state index is 12.1. The number of methoxy groups -OCH3 is 1. The van der Waals surface area contributed by atoms with Gasteiger partial charge >= 0.3 is 0 Å². The molecule has 0 aliphatic heterocycles. The highest BCUT2D eigenvalue weighted by Crippen LogP contribution is 2.22. The van der Waals surface area contributed by atoms with Crippen molar-refractivity contribution in [3.05, 3.63) is 45.9 Å². The molecule has 0 saturated heterocycles. The molecule has 112 valence electrons. The molecule has 0 fully saturated rings. The number of nitrogens with one attached hydrogen (secondary N) is 1. The molecular formula is C15H18N2O3S.